The SMILES string of the molecule is CCCC1CCCCCCC(c2ccc(CC)c(NCc3ccc(C(=O)OC)cc3)n2)CCCC1. The number of nitrogens with zero attached hydrogens (tertiary/aromatic N) is 1. The van der Waals surface area contributed by atoms with E-state index in [-0.39, 0.29) is 5.97 Å². The monoisotopic (exact) mass is 478 g/mol. The first-order chi connectivity index (χ1) is 17.1. The molecular formula is C31H46N2O2. The lowest BCUT2D eigenvalue weighted by Gasteiger charge is -2.21. The van der Waals surface area contributed by atoms with E-state index in [0.29, 0.717) is 18.0 Å². The molecule has 0 radical (unpaired) electrons. The molecule has 2 unspecified atom stereocenters. The molecule has 1 N–H and O–H groups in total. The number of benzene rings is 1. The van der Waals surface area contributed by atoms with Crippen LogP contribution in [-0.2, 0) is 17.7 Å². The van der Waals surface area contributed by atoms with Gasteiger partial charge in [0.15, 0.2) is 0 Å². The van der Waals surface area contributed by atoms with Crippen molar-refractivity contribution in [3.63, 3.8) is 0 Å². The van der Waals surface area contributed by atoms with Gasteiger partial charge >= 0.3 is 5.97 Å². The van der Waals surface area contributed by atoms with Crippen LogP contribution in [0, 0.1) is 5.92 Å². The number of carbonyl (C=O) groups excluding carboxylic acids is 1. The average Bonchev–Trinajstić information content (AvgIpc) is 2.89. The number of ether oxygens (including phenoxy) is 1. The number of esters is 1. The molecule has 0 spiro atoms. The van der Waals surface area contributed by atoms with Gasteiger partial charge in [0.25, 0.3) is 0 Å². The summed E-state index contributed by atoms with van der Waals surface area (Å²) in [6.07, 6.45) is 17.2. The van der Waals surface area contributed by atoms with Crippen molar-refractivity contribution < 1.29 is 9.53 Å². The van der Waals surface area contributed by atoms with Gasteiger partial charge in [0, 0.05) is 18.2 Å². The van der Waals surface area contributed by atoms with Crippen molar-refractivity contribution in [2.24, 2.45) is 5.92 Å². The maximum absolute atomic E-state index is 11.7. The number of nitrogens with one attached hydrogen (secondary N) is 1. The van der Waals surface area contributed by atoms with Crippen molar-refractivity contribution in [3.05, 3.63) is 58.8 Å². The van der Waals surface area contributed by atoms with Gasteiger partial charge in [0.2, 0.25) is 0 Å². The molecule has 1 heterocycles. The normalized spacial score (nSPS) is 19.9. The maximum Gasteiger partial charge on any atom is 0.337 e. The second-order valence-corrected chi connectivity index (χ2v) is 10.3. The van der Waals surface area contributed by atoms with Crippen molar-refractivity contribution in [3.8, 4) is 0 Å². The molecule has 1 aliphatic rings. The lowest BCUT2D eigenvalue weighted by molar-refractivity contribution is 0.0600. The first-order valence-corrected chi connectivity index (χ1v) is 14.1. The number of aryl methyl sites for hydroxylation is 1. The van der Waals surface area contributed by atoms with Gasteiger partial charge in [-0.15, -0.1) is 0 Å². The Bertz CT molecular complexity index is 893. The third kappa shape index (κ3) is 8.66. The Morgan fingerprint density at radius 2 is 1.57 bits per heavy atom. The third-order valence-corrected chi connectivity index (χ3v) is 7.66. The maximum atomic E-state index is 11.7. The van der Waals surface area contributed by atoms with E-state index in [9.17, 15) is 4.79 Å². The van der Waals surface area contributed by atoms with Gasteiger partial charge in [-0.1, -0.05) is 96.3 Å². The van der Waals surface area contributed by atoms with Crippen LogP contribution in [0.2, 0.25) is 0 Å². The molecule has 1 aromatic heterocycles. The summed E-state index contributed by atoms with van der Waals surface area (Å²) < 4.78 is 4.80. The quantitative estimate of drug-likeness (QED) is 0.387. The smallest absolute Gasteiger partial charge is 0.337 e. The Balaban J connectivity index is 1.66. The minimum atomic E-state index is -0.301. The molecule has 2 aromatic rings. The van der Waals surface area contributed by atoms with Crippen molar-refractivity contribution in [2.75, 3.05) is 12.4 Å². The van der Waals surface area contributed by atoms with Crippen LogP contribution in [0.4, 0.5) is 5.82 Å². The zero-order valence-electron chi connectivity index (χ0n) is 22.3. The van der Waals surface area contributed by atoms with Crippen LogP contribution < -0.4 is 5.32 Å². The van der Waals surface area contributed by atoms with E-state index in [1.807, 2.05) is 24.3 Å². The average molecular weight is 479 g/mol. The molecule has 1 aliphatic carbocycles. The molecule has 0 aliphatic heterocycles. The lowest BCUT2D eigenvalue weighted by atomic mass is 9.86. The summed E-state index contributed by atoms with van der Waals surface area (Å²) in [4.78, 5) is 16.9. The summed E-state index contributed by atoms with van der Waals surface area (Å²) in [6, 6.07) is 12.2. The van der Waals surface area contributed by atoms with Gasteiger partial charge in [-0.3, -0.25) is 0 Å². The molecule has 192 valence electrons. The van der Waals surface area contributed by atoms with Gasteiger partial charge in [0.1, 0.15) is 5.82 Å². The topological polar surface area (TPSA) is 51.2 Å². The van der Waals surface area contributed by atoms with Crippen LogP contribution in [0.1, 0.15) is 124 Å². The summed E-state index contributed by atoms with van der Waals surface area (Å²) in [5, 5.41) is 3.58. The van der Waals surface area contributed by atoms with Gasteiger partial charge in [-0.2, -0.15) is 0 Å². The molecule has 0 saturated heterocycles. The lowest BCUT2D eigenvalue weighted by Crippen LogP contribution is -2.10. The first-order valence-electron chi connectivity index (χ1n) is 14.1. The van der Waals surface area contributed by atoms with Crippen molar-refractivity contribution in [2.45, 2.75) is 110 Å². The van der Waals surface area contributed by atoms with E-state index in [2.05, 4.69) is 31.3 Å². The first kappa shape index (κ1) is 27.2. The van der Waals surface area contributed by atoms with E-state index in [4.69, 9.17) is 9.72 Å². The fourth-order valence-electron chi connectivity index (χ4n) is 5.51. The largest absolute Gasteiger partial charge is 0.465 e. The van der Waals surface area contributed by atoms with Gasteiger partial charge in [0.05, 0.1) is 12.7 Å². The number of anilines is 1. The predicted octanol–water partition coefficient (Wildman–Crippen LogP) is 8.46. The zero-order valence-corrected chi connectivity index (χ0v) is 22.3. The fourth-order valence-corrected chi connectivity index (χ4v) is 5.51. The molecular weight excluding hydrogens is 432 g/mol. The molecule has 2 atom stereocenters. The molecule has 3 rings (SSSR count). The highest BCUT2D eigenvalue weighted by Crippen LogP contribution is 2.32. The summed E-state index contributed by atoms with van der Waals surface area (Å²) in [5.74, 6) is 2.21. The highest BCUT2D eigenvalue weighted by Gasteiger charge is 2.17. The predicted molar refractivity (Wildman–Crippen MR) is 146 cm³/mol. The minimum absolute atomic E-state index is 0.301. The van der Waals surface area contributed by atoms with E-state index in [0.717, 1.165) is 23.7 Å². The van der Waals surface area contributed by atoms with E-state index < -0.39 is 0 Å². The van der Waals surface area contributed by atoms with Gasteiger partial charge in [-0.05, 0) is 54.5 Å². The molecule has 1 aromatic carbocycles. The molecule has 4 heteroatoms. The Hall–Kier alpha value is -2.36. The zero-order chi connectivity index (χ0) is 24.9. The summed E-state index contributed by atoms with van der Waals surface area (Å²) >= 11 is 0. The highest BCUT2D eigenvalue weighted by molar-refractivity contribution is 5.89. The molecule has 0 bridgehead atoms. The van der Waals surface area contributed by atoms with Crippen LogP contribution in [0.25, 0.3) is 0 Å². The number of aromatic nitrogens is 1. The van der Waals surface area contributed by atoms with Crippen molar-refractivity contribution in [1.82, 2.24) is 4.98 Å². The molecule has 0 amide bonds. The number of hydrogen-bond acceptors (Lipinski definition) is 4. The summed E-state index contributed by atoms with van der Waals surface area (Å²) in [5.41, 5.74) is 4.22. The molecule has 4 nitrogen and oxygen atoms in total. The number of pyridine rings is 1. The van der Waals surface area contributed by atoms with Crippen LogP contribution >= 0.6 is 0 Å². The number of hydrogen-bond donors (Lipinski definition) is 1. The Morgan fingerprint density at radius 1 is 0.914 bits per heavy atom. The van der Waals surface area contributed by atoms with Crippen LogP contribution in [0.3, 0.4) is 0 Å². The highest BCUT2D eigenvalue weighted by atomic mass is 16.5. The Kier molecular flexibility index (Phi) is 11.6. The fraction of sp³-hybridized carbons (Fsp3) is 0.613. The summed E-state index contributed by atoms with van der Waals surface area (Å²) in [7, 11) is 1.41. The molecule has 1 saturated carbocycles. The minimum Gasteiger partial charge on any atom is -0.465 e. The number of carbonyl (C=O) groups is 1. The Morgan fingerprint density at radius 3 is 2.23 bits per heavy atom. The van der Waals surface area contributed by atoms with E-state index >= 15 is 0 Å². The third-order valence-electron chi connectivity index (χ3n) is 7.66. The standard InChI is InChI=1S/C31H46N2O2/c1-4-12-24-13-8-6-7-9-15-27(16-11-10-14-24)29-22-21-26(5-2)30(33-29)32-23-25-17-19-28(20-18-25)31(34)35-3/h17-22,24,27H,4-16,23H2,1-3H3,(H,32,33). The number of rotatable bonds is 8. The van der Waals surface area contributed by atoms with Gasteiger partial charge in [-0.25, -0.2) is 9.78 Å². The Labute approximate surface area is 213 Å². The van der Waals surface area contributed by atoms with E-state index in [1.165, 1.54) is 95.4 Å². The number of methoxy groups -OCH3 is 1. The van der Waals surface area contributed by atoms with Crippen molar-refractivity contribution in [1.29, 1.82) is 0 Å². The van der Waals surface area contributed by atoms with Crippen LogP contribution in [0.5, 0.6) is 0 Å². The second-order valence-electron chi connectivity index (χ2n) is 10.3. The van der Waals surface area contributed by atoms with Crippen LogP contribution in [-0.4, -0.2) is 18.1 Å². The van der Waals surface area contributed by atoms with E-state index in [1.54, 1.807) is 0 Å². The molecule has 1 fully saturated rings. The second kappa shape index (κ2) is 14.9. The molecule has 35 heavy (non-hydrogen) atoms. The van der Waals surface area contributed by atoms with Crippen LogP contribution in [0.15, 0.2) is 36.4 Å². The van der Waals surface area contributed by atoms with Crippen molar-refractivity contribution >= 4 is 11.8 Å². The summed E-state index contributed by atoms with van der Waals surface area (Å²) in [6.45, 7) is 5.21. The van der Waals surface area contributed by atoms with Gasteiger partial charge < -0.3 is 10.1 Å².